The second-order valence-electron chi connectivity index (χ2n) is 7.34. The summed E-state index contributed by atoms with van der Waals surface area (Å²) in [5, 5.41) is 18.6. The normalized spacial score (nSPS) is 14.0. The molecule has 2 heterocycles. The summed E-state index contributed by atoms with van der Waals surface area (Å²) in [6, 6.07) is 7.44. The van der Waals surface area contributed by atoms with Gasteiger partial charge in [0.05, 0.1) is 11.1 Å². The van der Waals surface area contributed by atoms with Gasteiger partial charge >= 0.3 is 16.9 Å². The van der Waals surface area contributed by atoms with E-state index >= 15 is 0 Å². The van der Waals surface area contributed by atoms with Gasteiger partial charge in [0.1, 0.15) is 5.69 Å². The van der Waals surface area contributed by atoms with Gasteiger partial charge in [-0.3, -0.25) is 24.6 Å². The molecule has 0 saturated heterocycles. The highest BCUT2D eigenvalue weighted by Crippen LogP contribution is 2.30. The Hall–Kier alpha value is -3.49. The predicted molar refractivity (Wildman–Crippen MR) is 107 cm³/mol. The average molecular weight is 395 g/mol. The molecular weight excluding hydrogens is 374 g/mol. The molecule has 3 aromatic rings. The van der Waals surface area contributed by atoms with Crippen molar-refractivity contribution in [3.05, 3.63) is 78.4 Å². The molecule has 0 bridgehead atoms. The summed E-state index contributed by atoms with van der Waals surface area (Å²) in [5.74, 6) is 0. The highest BCUT2D eigenvalue weighted by atomic mass is 16.6. The van der Waals surface area contributed by atoms with Crippen molar-refractivity contribution in [2.75, 3.05) is 0 Å². The predicted octanol–water partition coefficient (Wildman–Crippen LogP) is 2.65. The fraction of sp³-hybridized carbons (Fsp3) is 0.350. The van der Waals surface area contributed by atoms with Gasteiger partial charge in [-0.2, -0.15) is 5.10 Å². The van der Waals surface area contributed by atoms with Gasteiger partial charge in [-0.05, 0) is 50.2 Å². The lowest BCUT2D eigenvalue weighted by Gasteiger charge is -2.26. The topological polar surface area (TPSA) is 127 Å². The molecule has 2 N–H and O–H groups in total. The quantitative estimate of drug-likeness (QED) is 0.490. The number of H-pyrrole nitrogens is 2. The van der Waals surface area contributed by atoms with Crippen molar-refractivity contribution in [1.82, 2.24) is 19.7 Å². The number of aromatic nitrogens is 4. The summed E-state index contributed by atoms with van der Waals surface area (Å²) in [7, 11) is 0. The van der Waals surface area contributed by atoms with Crippen molar-refractivity contribution >= 4 is 5.69 Å². The Bertz CT molecular complexity index is 1190. The first-order valence-electron chi connectivity index (χ1n) is 9.57. The number of nitrogens with one attached hydrogen (secondary N) is 2. The lowest BCUT2D eigenvalue weighted by atomic mass is 9.93. The van der Waals surface area contributed by atoms with Crippen molar-refractivity contribution in [2.45, 2.75) is 45.1 Å². The summed E-state index contributed by atoms with van der Waals surface area (Å²) in [6.45, 7) is 1.92. The van der Waals surface area contributed by atoms with Crippen LogP contribution in [0.4, 0.5) is 5.69 Å². The van der Waals surface area contributed by atoms with Crippen molar-refractivity contribution in [1.29, 1.82) is 0 Å². The van der Waals surface area contributed by atoms with Crippen LogP contribution in [0.3, 0.4) is 0 Å². The zero-order valence-electron chi connectivity index (χ0n) is 16.0. The highest BCUT2D eigenvalue weighted by molar-refractivity contribution is 5.68. The minimum Gasteiger partial charge on any atom is -0.305 e. The second kappa shape index (κ2) is 7.50. The highest BCUT2D eigenvalue weighted by Gasteiger charge is 2.30. The summed E-state index contributed by atoms with van der Waals surface area (Å²) in [4.78, 5) is 38.7. The third-order valence-electron chi connectivity index (χ3n) is 5.59. The molecule has 9 heteroatoms. The van der Waals surface area contributed by atoms with Crippen LogP contribution in [0.25, 0.3) is 11.1 Å². The number of aromatic amines is 2. The van der Waals surface area contributed by atoms with Crippen LogP contribution >= 0.6 is 0 Å². The van der Waals surface area contributed by atoms with E-state index in [2.05, 4.69) is 15.2 Å². The van der Waals surface area contributed by atoms with Crippen LogP contribution < -0.4 is 11.2 Å². The second-order valence-corrected chi connectivity index (χ2v) is 7.34. The lowest BCUT2D eigenvalue weighted by molar-refractivity contribution is -0.387. The standard InChI is InChI=1S/C20H21N5O4/c1-12-16(11-21-23-12)15-8-3-2-5-13(15)9-10-17-18(25(28)29)19(26)24(20(27)22-17)14-6-4-7-14/h2-3,5,8,11,14H,4,6-7,9-10H2,1H3,(H,21,23)(H,22,27). The van der Waals surface area contributed by atoms with Crippen molar-refractivity contribution in [3.8, 4) is 11.1 Å². The molecule has 0 spiro atoms. The molecule has 0 unspecified atom stereocenters. The van der Waals surface area contributed by atoms with Gasteiger partial charge in [0.15, 0.2) is 0 Å². The van der Waals surface area contributed by atoms with Gasteiger partial charge in [-0.1, -0.05) is 24.3 Å². The number of benzene rings is 1. The average Bonchev–Trinajstić information content (AvgIpc) is 3.07. The molecule has 1 aliphatic carbocycles. The fourth-order valence-electron chi connectivity index (χ4n) is 3.81. The van der Waals surface area contributed by atoms with E-state index in [1.807, 2.05) is 31.2 Å². The molecule has 1 fully saturated rings. The Kier molecular flexibility index (Phi) is 4.87. The first-order chi connectivity index (χ1) is 14.0. The van der Waals surface area contributed by atoms with E-state index in [9.17, 15) is 19.7 Å². The molecule has 29 heavy (non-hydrogen) atoms. The molecule has 4 rings (SSSR count). The maximum Gasteiger partial charge on any atom is 0.353 e. The lowest BCUT2D eigenvalue weighted by Crippen LogP contribution is -2.42. The summed E-state index contributed by atoms with van der Waals surface area (Å²) >= 11 is 0. The van der Waals surface area contributed by atoms with Gasteiger partial charge in [0.2, 0.25) is 0 Å². The molecule has 1 saturated carbocycles. The minimum absolute atomic E-state index is 0.0688. The maximum atomic E-state index is 12.7. The Morgan fingerprint density at radius 3 is 2.59 bits per heavy atom. The Morgan fingerprint density at radius 2 is 1.97 bits per heavy atom. The third kappa shape index (κ3) is 3.39. The molecule has 0 amide bonds. The van der Waals surface area contributed by atoms with Crippen molar-refractivity contribution in [2.24, 2.45) is 0 Å². The zero-order chi connectivity index (χ0) is 20.5. The van der Waals surface area contributed by atoms with Gasteiger partial charge in [0, 0.05) is 17.3 Å². The molecule has 0 atom stereocenters. The van der Waals surface area contributed by atoms with E-state index in [0.717, 1.165) is 33.4 Å². The molecule has 1 aromatic carbocycles. The molecule has 150 valence electrons. The van der Waals surface area contributed by atoms with Crippen LogP contribution in [0.15, 0.2) is 40.1 Å². The van der Waals surface area contributed by atoms with Crippen molar-refractivity contribution < 1.29 is 4.92 Å². The smallest absolute Gasteiger partial charge is 0.305 e. The van der Waals surface area contributed by atoms with Gasteiger partial charge < -0.3 is 4.98 Å². The van der Waals surface area contributed by atoms with E-state index in [0.29, 0.717) is 19.3 Å². The Labute approximate surface area is 165 Å². The summed E-state index contributed by atoms with van der Waals surface area (Å²) in [5.41, 5.74) is 1.94. The first-order valence-corrected chi connectivity index (χ1v) is 9.57. The summed E-state index contributed by atoms with van der Waals surface area (Å²) in [6.07, 6.45) is 4.65. The van der Waals surface area contributed by atoms with Crippen LogP contribution in [-0.4, -0.2) is 24.7 Å². The van der Waals surface area contributed by atoms with Gasteiger partial charge in [-0.25, -0.2) is 4.79 Å². The number of hydrogen-bond donors (Lipinski definition) is 2. The zero-order valence-corrected chi connectivity index (χ0v) is 16.0. The van der Waals surface area contributed by atoms with E-state index in [1.54, 1.807) is 6.20 Å². The molecular formula is C20H21N5O4. The maximum absolute atomic E-state index is 12.7. The first kappa shape index (κ1) is 18.9. The Morgan fingerprint density at radius 1 is 1.21 bits per heavy atom. The molecule has 1 aliphatic rings. The molecule has 2 aromatic heterocycles. The van der Waals surface area contributed by atoms with E-state index in [4.69, 9.17) is 0 Å². The third-order valence-corrected chi connectivity index (χ3v) is 5.59. The number of nitro groups is 1. The van der Waals surface area contributed by atoms with Crippen molar-refractivity contribution in [3.63, 3.8) is 0 Å². The van der Waals surface area contributed by atoms with Gasteiger partial charge in [0.25, 0.3) is 0 Å². The van der Waals surface area contributed by atoms with Crippen LogP contribution in [0, 0.1) is 17.0 Å². The van der Waals surface area contributed by atoms with E-state index in [1.165, 1.54) is 0 Å². The monoisotopic (exact) mass is 395 g/mol. The van der Waals surface area contributed by atoms with E-state index in [-0.39, 0.29) is 18.2 Å². The number of rotatable bonds is 6. The number of nitrogens with zero attached hydrogens (tertiary/aromatic N) is 3. The van der Waals surface area contributed by atoms with Gasteiger partial charge in [-0.15, -0.1) is 0 Å². The largest absolute Gasteiger partial charge is 0.353 e. The minimum atomic E-state index is -0.808. The molecule has 9 nitrogen and oxygen atoms in total. The van der Waals surface area contributed by atoms with Crippen LogP contribution in [0.5, 0.6) is 0 Å². The fourth-order valence-corrected chi connectivity index (χ4v) is 3.81. The molecule has 0 aliphatic heterocycles. The van der Waals surface area contributed by atoms with Crippen LogP contribution in [0.1, 0.15) is 42.3 Å². The molecule has 0 radical (unpaired) electrons. The number of hydrogen-bond acceptors (Lipinski definition) is 5. The Balaban J connectivity index is 1.70. The number of aryl methyl sites for hydroxylation is 3. The van der Waals surface area contributed by atoms with Crippen LogP contribution in [0.2, 0.25) is 0 Å². The summed E-state index contributed by atoms with van der Waals surface area (Å²) < 4.78 is 1.01. The SMILES string of the molecule is Cc1[nH]ncc1-c1ccccc1CCc1[nH]c(=O)n(C2CCC2)c(=O)c1[N+](=O)[O-]. The van der Waals surface area contributed by atoms with Crippen LogP contribution in [-0.2, 0) is 12.8 Å². The van der Waals surface area contributed by atoms with E-state index < -0.39 is 21.9 Å².